The summed E-state index contributed by atoms with van der Waals surface area (Å²) in [4.78, 5) is 0. The Morgan fingerprint density at radius 2 is 2.00 bits per heavy atom. The smallest absolute Gasteiger partial charge is 0.134 e. The fraction of sp³-hybridized carbons (Fsp3) is 1.00. The van der Waals surface area contributed by atoms with Crippen LogP contribution in [-0.2, 0) is 10.9 Å². The summed E-state index contributed by atoms with van der Waals surface area (Å²) < 4.78 is 0. The second-order valence-electron chi connectivity index (χ2n) is 4.49. The van der Waals surface area contributed by atoms with E-state index in [1.54, 1.807) is 0 Å². The Labute approximate surface area is 88.5 Å². The third kappa shape index (κ3) is 3.12. The van der Waals surface area contributed by atoms with Gasteiger partial charge in [0.25, 0.3) is 0 Å². The van der Waals surface area contributed by atoms with E-state index in [-0.39, 0.29) is 23.4 Å². The van der Waals surface area contributed by atoms with E-state index in [1.807, 2.05) is 0 Å². The van der Waals surface area contributed by atoms with Crippen LogP contribution in [0.15, 0.2) is 0 Å². The van der Waals surface area contributed by atoms with E-state index >= 15 is 0 Å². The zero-order chi connectivity index (χ0) is 10.7. The first-order valence-electron chi connectivity index (χ1n) is 5.15. The number of aliphatic hydroxyl groups is 3. The number of aliphatic hydroxyl groups excluding tert-OH is 3. The van der Waals surface area contributed by atoms with Crippen LogP contribution in [0.5, 0.6) is 0 Å². The van der Waals surface area contributed by atoms with Gasteiger partial charge < -0.3 is 15.3 Å². The molecule has 1 rings (SSSR count). The maximum absolute atomic E-state index is 9.71. The lowest BCUT2D eigenvalue weighted by Crippen LogP contribution is -2.32. The highest BCUT2D eigenvalue weighted by Crippen LogP contribution is 2.25. The summed E-state index contributed by atoms with van der Waals surface area (Å²) in [6.07, 6.45) is -1.16. The molecule has 0 aromatic heterocycles. The van der Waals surface area contributed by atoms with Gasteiger partial charge in [-0.1, -0.05) is 13.8 Å². The molecule has 1 aliphatic rings. The molecule has 0 saturated carbocycles. The van der Waals surface area contributed by atoms with Crippen LogP contribution in [0.25, 0.3) is 0 Å². The first-order valence-corrected chi connectivity index (χ1v) is 6.89. The highest BCUT2D eigenvalue weighted by atomic mass is 32.2. The van der Waals surface area contributed by atoms with Gasteiger partial charge in [0.2, 0.25) is 0 Å². The van der Waals surface area contributed by atoms with Crippen molar-refractivity contribution in [3.05, 3.63) is 0 Å². The van der Waals surface area contributed by atoms with Crippen LogP contribution in [-0.4, -0.2) is 51.4 Å². The Morgan fingerprint density at radius 3 is 2.50 bits per heavy atom. The predicted molar refractivity (Wildman–Crippen MR) is 59.4 cm³/mol. The second kappa shape index (κ2) is 5.35. The average molecular weight is 221 g/mol. The van der Waals surface area contributed by atoms with Crippen LogP contribution < -0.4 is 0 Å². The fourth-order valence-corrected chi connectivity index (χ4v) is 5.00. The van der Waals surface area contributed by atoms with Crippen molar-refractivity contribution in [2.45, 2.75) is 26.1 Å². The lowest BCUT2D eigenvalue weighted by Gasteiger charge is -2.15. The van der Waals surface area contributed by atoms with E-state index in [0.717, 1.165) is 17.3 Å². The Balaban J connectivity index is 2.43. The molecule has 0 radical (unpaired) electrons. The predicted octanol–water partition coefficient (Wildman–Crippen LogP) is -0.395. The summed E-state index contributed by atoms with van der Waals surface area (Å²) in [6, 6.07) is 0. The minimum Gasteiger partial charge on any atom is -0.394 e. The molecular formula is C10H21O3S+. The molecule has 84 valence electrons. The summed E-state index contributed by atoms with van der Waals surface area (Å²) in [5.74, 6) is 3.35. The molecule has 1 saturated heterocycles. The zero-order valence-corrected chi connectivity index (χ0v) is 9.70. The van der Waals surface area contributed by atoms with E-state index in [4.69, 9.17) is 5.11 Å². The molecule has 3 nitrogen and oxygen atoms in total. The Hall–Kier alpha value is 0.230. The van der Waals surface area contributed by atoms with Gasteiger partial charge >= 0.3 is 0 Å². The van der Waals surface area contributed by atoms with Gasteiger partial charge in [-0.2, -0.15) is 0 Å². The third-order valence-corrected chi connectivity index (χ3v) is 5.39. The van der Waals surface area contributed by atoms with Gasteiger partial charge in [0.1, 0.15) is 23.4 Å². The largest absolute Gasteiger partial charge is 0.394 e. The van der Waals surface area contributed by atoms with Crippen LogP contribution in [0.3, 0.4) is 0 Å². The molecule has 14 heavy (non-hydrogen) atoms. The molecule has 3 N–H and O–H groups in total. The van der Waals surface area contributed by atoms with Crippen molar-refractivity contribution in [3.63, 3.8) is 0 Å². The zero-order valence-electron chi connectivity index (χ0n) is 8.89. The lowest BCUT2D eigenvalue weighted by molar-refractivity contribution is 0.00718. The first kappa shape index (κ1) is 12.3. The topological polar surface area (TPSA) is 60.7 Å². The SMILES string of the molecule is CC(C)C[S+]1C[C@H]([C@H](O)CO)[C@H](O)C1. The number of hydrogen-bond acceptors (Lipinski definition) is 3. The van der Waals surface area contributed by atoms with Crippen molar-refractivity contribution in [2.24, 2.45) is 11.8 Å². The highest BCUT2D eigenvalue weighted by Gasteiger charge is 2.43. The molecule has 4 heteroatoms. The summed E-state index contributed by atoms with van der Waals surface area (Å²) in [7, 11) is 0.239. The molecule has 1 aliphatic heterocycles. The minimum atomic E-state index is -0.741. The Kier molecular flexibility index (Phi) is 4.70. The second-order valence-corrected chi connectivity index (χ2v) is 6.71. The van der Waals surface area contributed by atoms with Gasteiger partial charge in [0, 0.05) is 0 Å². The van der Waals surface area contributed by atoms with Crippen molar-refractivity contribution < 1.29 is 15.3 Å². The quantitative estimate of drug-likeness (QED) is 0.566. The van der Waals surface area contributed by atoms with Crippen molar-refractivity contribution in [1.29, 1.82) is 0 Å². The normalized spacial score (nSPS) is 35.1. The molecule has 0 aliphatic carbocycles. The Bertz CT molecular complexity index is 175. The summed E-state index contributed by atoms with van der Waals surface area (Å²) >= 11 is 0. The van der Waals surface area contributed by atoms with Crippen molar-refractivity contribution in [1.82, 2.24) is 0 Å². The molecule has 1 heterocycles. The first-order chi connectivity index (χ1) is 6.54. The molecule has 0 aromatic carbocycles. The molecule has 4 atom stereocenters. The molecule has 0 amide bonds. The van der Waals surface area contributed by atoms with Gasteiger partial charge in [0.05, 0.1) is 18.6 Å². The van der Waals surface area contributed by atoms with E-state index in [0.29, 0.717) is 5.92 Å². The summed E-state index contributed by atoms with van der Waals surface area (Å²) in [5, 5.41) is 28.0. The van der Waals surface area contributed by atoms with E-state index in [9.17, 15) is 10.2 Å². The maximum Gasteiger partial charge on any atom is 0.134 e. The van der Waals surface area contributed by atoms with E-state index < -0.39 is 12.2 Å². The molecule has 1 unspecified atom stereocenters. The average Bonchev–Trinajstić information content (AvgIpc) is 2.44. The van der Waals surface area contributed by atoms with Gasteiger partial charge in [-0.3, -0.25) is 0 Å². The minimum absolute atomic E-state index is 0.109. The van der Waals surface area contributed by atoms with Crippen LogP contribution in [0, 0.1) is 11.8 Å². The van der Waals surface area contributed by atoms with E-state index in [2.05, 4.69) is 13.8 Å². The van der Waals surface area contributed by atoms with E-state index in [1.165, 1.54) is 0 Å². The third-order valence-electron chi connectivity index (χ3n) is 2.58. The van der Waals surface area contributed by atoms with Crippen LogP contribution in [0.1, 0.15) is 13.8 Å². The molecule has 1 fully saturated rings. The Morgan fingerprint density at radius 1 is 1.36 bits per heavy atom. The molecule has 0 aromatic rings. The van der Waals surface area contributed by atoms with Gasteiger partial charge in [-0.15, -0.1) is 0 Å². The summed E-state index contributed by atoms with van der Waals surface area (Å²) in [5.41, 5.74) is 0. The van der Waals surface area contributed by atoms with Crippen LogP contribution in [0.2, 0.25) is 0 Å². The van der Waals surface area contributed by atoms with Crippen molar-refractivity contribution in [3.8, 4) is 0 Å². The monoisotopic (exact) mass is 221 g/mol. The number of hydrogen-bond donors (Lipinski definition) is 3. The molecule has 0 bridgehead atoms. The van der Waals surface area contributed by atoms with Crippen molar-refractivity contribution >= 4 is 10.9 Å². The standard InChI is InChI=1S/C10H21O3S/c1-7(2)4-14-5-8(9(12)3-11)10(13)6-14/h7-13H,3-6H2,1-2H3/q+1/t8-,9-,10-,14?/m1/s1. The molecular weight excluding hydrogens is 200 g/mol. The lowest BCUT2D eigenvalue weighted by atomic mass is 10.0. The highest BCUT2D eigenvalue weighted by molar-refractivity contribution is 7.97. The van der Waals surface area contributed by atoms with Gasteiger partial charge in [-0.05, 0) is 16.8 Å². The van der Waals surface area contributed by atoms with Gasteiger partial charge in [-0.25, -0.2) is 0 Å². The maximum atomic E-state index is 9.71. The number of rotatable bonds is 4. The molecule has 0 spiro atoms. The fourth-order valence-electron chi connectivity index (χ4n) is 1.93. The van der Waals surface area contributed by atoms with Crippen LogP contribution >= 0.6 is 0 Å². The van der Waals surface area contributed by atoms with Gasteiger partial charge in [0.15, 0.2) is 0 Å². The van der Waals surface area contributed by atoms with Crippen molar-refractivity contribution in [2.75, 3.05) is 23.9 Å². The van der Waals surface area contributed by atoms with Crippen LogP contribution in [0.4, 0.5) is 0 Å². The summed E-state index contributed by atoms with van der Waals surface area (Å²) in [6.45, 7) is 4.12.